The van der Waals surface area contributed by atoms with Gasteiger partial charge in [0.2, 0.25) is 5.91 Å². The topological polar surface area (TPSA) is 55.8 Å². The first-order valence-electron chi connectivity index (χ1n) is 6.55. The molecule has 5 nitrogen and oxygen atoms in total. The Labute approximate surface area is 113 Å². The third kappa shape index (κ3) is 3.94. The first-order valence-corrected chi connectivity index (χ1v) is 6.55. The van der Waals surface area contributed by atoms with Crippen molar-refractivity contribution in [1.82, 2.24) is 9.80 Å². The molecule has 19 heavy (non-hydrogen) atoms. The van der Waals surface area contributed by atoms with E-state index in [1.165, 1.54) is 6.92 Å². The fraction of sp³-hybridized carbons (Fsp3) is 0.500. The van der Waals surface area contributed by atoms with Crippen molar-refractivity contribution in [2.24, 2.45) is 0 Å². The SMILES string of the molecule is CC(=O)Nc1ccc(O)c(CN2CCN(C)CC2)c1. The Balaban J connectivity index is 2.04. The lowest BCUT2D eigenvalue weighted by molar-refractivity contribution is -0.114. The molecule has 1 aromatic rings. The number of hydrogen-bond acceptors (Lipinski definition) is 4. The Bertz CT molecular complexity index is 454. The van der Waals surface area contributed by atoms with E-state index in [-0.39, 0.29) is 11.7 Å². The number of likely N-dealkylation sites (N-methyl/N-ethyl adjacent to an activating group) is 1. The molecule has 0 aliphatic carbocycles. The molecule has 0 radical (unpaired) electrons. The maximum absolute atomic E-state index is 11.0. The number of nitrogens with one attached hydrogen (secondary N) is 1. The standard InChI is InChI=1S/C14H21N3O2/c1-11(18)15-13-3-4-14(19)12(9-13)10-17-7-5-16(2)6-8-17/h3-4,9,19H,5-8,10H2,1-2H3,(H,15,18). The molecule has 0 unspecified atom stereocenters. The van der Waals surface area contributed by atoms with E-state index >= 15 is 0 Å². The van der Waals surface area contributed by atoms with E-state index in [4.69, 9.17) is 0 Å². The Morgan fingerprint density at radius 1 is 1.32 bits per heavy atom. The normalized spacial score (nSPS) is 17.4. The van der Waals surface area contributed by atoms with Crippen LogP contribution in [0.1, 0.15) is 12.5 Å². The van der Waals surface area contributed by atoms with Crippen molar-refractivity contribution in [1.29, 1.82) is 0 Å². The lowest BCUT2D eigenvalue weighted by atomic mass is 10.1. The van der Waals surface area contributed by atoms with Crippen LogP contribution in [0.15, 0.2) is 18.2 Å². The van der Waals surface area contributed by atoms with Crippen LogP contribution < -0.4 is 5.32 Å². The highest BCUT2D eigenvalue weighted by Crippen LogP contribution is 2.23. The van der Waals surface area contributed by atoms with Crippen molar-refractivity contribution in [2.45, 2.75) is 13.5 Å². The summed E-state index contributed by atoms with van der Waals surface area (Å²) in [6.07, 6.45) is 0. The van der Waals surface area contributed by atoms with E-state index in [1.807, 2.05) is 6.07 Å². The third-order valence-electron chi connectivity index (χ3n) is 3.39. The molecule has 0 aromatic heterocycles. The minimum absolute atomic E-state index is 0.101. The van der Waals surface area contributed by atoms with E-state index in [1.54, 1.807) is 12.1 Å². The number of rotatable bonds is 3. The summed E-state index contributed by atoms with van der Waals surface area (Å²) in [5.41, 5.74) is 1.59. The van der Waals surface area contributed by atoms with Gasteiger partial charge in [-0.05, 0) is 25.2 Å². The van der Waals surface area contributed by atoms with Gasteiger partial charge in [-0.3, -0.25) is 9.69 Å². The van der Waals surface area contributed by atoms with E-state index in [0.29, 0.717) is 6.54 Å². The van der Waals surface area contributed by atoms with Crippen molar-refractivity contribution in [3.05, 3.63) is 23.8 Å². The molecule has 0 atom stereocenters. The van der Waals surface area contributed by atoms with Crippen molar-refractivity contribution in [3.8, 4) is 5.75 Å². The number of carbonyl (C=O) groups excluding carboxylic acids is 1. The monoisotopic (exact) mass is 263 g/mol. The van der Waals surface area contributed by atoms with Crippen molar-refractivity contribution in [2.75, 3.05) is 38.5 Å². The van der Waals surface area contributed by atoms with E-state index in [9.17, 15) is 9.90 Å². The van der Waals surface area contributed by atoms with Crippen LogP contribution in [0, 0.1) is 0 Å². The Hall–Kier alpha value is -1.59. The largest absolute Gasteiger partial charge is 0.508 e. The van der Waals surface area contributed by atoms with Gasteiger partial charge in [0.1, 0.15) is 5.75 Å². The fourth-order valence-electron chi connectivity index (χ4n) is 2.24. The highest BCUT2D eigenvalue weighted by Gasteiger charge is 2.15. The summed E-state index contributed by atoms with van der Waals surface area (Å²) in [6, 6.07) is 5.19. The van der Waals surface area contributed by atoms with Gasteiger partial charge in [-0.2, -0.15) is 0 Å². The van der Waals surface area contributed by atoms with Crippen LogP contribution in [0.2, 0.25) is 0 Å². The first kappa shape index (κ1) is 13.8. The fourth-order valence-corrected chi connectivity index (χ4v) is 2.24. The molecule has 1 fully saturated rings. The van der Waals surface area contributed by atoms with E-state index in [0.717, 1.165) is 37.4 Å². The number of amides is 1. The Morgan fingerprint density at radius 3 is 2.63 bits per heavy atom. The van der Waals surface area contributed by atoms with Crippen molar-refractivity contribution in [3.63, 3.8) is 0 Å². The lowest BCUT2D eigenvalue weighted by Crippen LogP contribution is -2.43. The molecule has 1 aliphatic heterocycles. The molecule has 0 saturated carbocycles. The number of benzene rings is 1. The molecule has 5 heteroatoms. The van der Waals surface area contributed by atoms with Crippen molar-refractivity contribution < 1.29 is 9.90 Å². The molecular weight excluding hydrogens is 242 g/mol. The number of piperazine rings is 1. The zero-order chi connectivity index (χ0) is 13.8. The smallest absolute Gasteiger partial charge is 0.221 e. The number of nitrogens with zero attached hydrogens (tertiary/aromatic N) is 2. The van der Waals surface area contributed by atoms with Crippen LogP contribution in [-0.4, -0.2) is 54.0 Å². The van der Waals surface area contributed by atoms with Gasteiger partial charge in [-0.1, -0.05) is 0 Å². The highest BCUT2D eigenvalue weighted by molar-refractivity contribution is 5.88. The van der Waals surface area contributed by atoms with Crippen LogP contribution in [0.4, 0.5) is 5.69 Å². The average Bonchev–Trinajstić information content (AvgIpc) is 2.35. The highest BCUT2D eigenvalue weighted by atomic mass is 16.3. The van der Waals surface area contributed by atoms with Gasteiger partial charge >= 0.3 is 0 Å². The Kier molecular flexibility index (Phi) is 4.39. The van der Waals surface area contributed by atoms with Crippen LogP contribution in [0.25, 0.3) is 0 Å². The second-order valence-corrected chi connectivity index (χ2v) is 5.10. The van der Waals surface area contributed by atoms with Gasteiger partial charge in [0.05, 0.1) is 0 Å². The summed E-state index contributed by atoms with van der Waals surface area (Å²) >= 11 is 0. The van der Waals surface area contributed by atoms with Crippen LogP contribution in [0.5, 0.6) is 5.75 Å². The third-order valence-corrected chi connectivity index (χ3v) is 3.39. The number of anilines is 1. The zero-order valence-electron chi connectivity index (χ0n) is 11.5. The summed E-state index contributed by atoms with van der Waals surface area (Å²) in [6.45, 7) is 6.29. The number of carbonyl (C=O) groups is 1. The summed E-state index contributed by atoms with van der Waals surface area (Å²) in [5.74, 6) is 0.185. The molecule has 0 spiro atoms. The molecular formula is C14H21N3O2. The van der Waals surface area contributed by atoms with Gasteiger partial charge in [-0.25, -0.2) is 0 Å². The number of hydrogen-bond donors (Lipinski definition) is 2. The average molecular weight is 263 g/mol. The number of phenols is 1. The summed E-state index contributed by atoms with van der Waals surface area (Å²) in [4.78, 5) is 15.7. The predicted molar refractivity (Wildman–Crippen MR) is 75.2 cm³/mol. The van der Waals surface area contributed by atoms with Gasteiger partial charge in [0, 0.05) is 50.9 Å². The summed E-state index contributed by atoms with van der Waals surface area (Å²) in [7, 11) is 2.12. The van der Waals surface area contributed by atoms with Gasteiger partial charge < -0.3 is 15.3 Å². The molecule has 1 saturated heterocycles. The molecule has 1 amide bonds. The van der Waals surface area contributed by atoms with Crippen LogP contribution >= 0.6 is 0 Å². The summed E-state index contributed by atoms with van der Waals surface area (Å²) < 4.78 is 0. The maximum atomic E-state index is 11.0. The van der Waals surface area contributed by atoms with Crippen molar-refractivity contribution >= 4 is 11.6 Å². The second-order valence-electron chi connectivity index (χ2n) is 5.10. The second kappa shape index (κ2) is 6.04. The van der Waals surface area contributed by atoms with Crippen LogP contribution in [0.3, 0.4) is 0 Å². The molecule has 2 N–H and O–H groups in total. The molecule has 1 heterocycles. The zero-order valence-corrected chi connectivity index (χ0v) is 11.5. The minimum Gasteiger partial charge on any atom is -0.508 e. The van der Waals surface area contributed by atoms with Gasteiger partial charge in [0.25, 0.3) is 0 Å². The summed E-state index contributed by atoms with van der Waals surface area (Å²) in [5, 5.41) is 12.6. The number of aromatic hydroxyl groups is 1. The molecule has 2 rings (SSSR count). The van der Waals surface area contributed by atoms with E-state index in [2.05, 4.69) is 22.2 Å². The maximum Gasteiger partial charge on any atom is 0.221 e. The van der Waals surface area contributed by atoms with E-state index < -0.39 is 0 Å². The molecule has 1 aromatic carbocycles. The van der Waals surface area contributed by atoms with Crippen LogP contribution in [-0.2, 0) is 11.3 Å². The number of phenolic OH excluding ortho intramolecular Hbond substituents is 1. The quantitative estimate of drug-likeness (QED) is 0.802. The first-order chi connectivity index (χ1) is 9.04. The lowest BCUT2D eigenvalue weighted by Gasteiger charge is -2.32. The molecule has 1 aliphatic rings. The Morgan fingerprint density at radius 2 is 2.00 bits per heavy atom. The molecule has 0 bridgehead atoms. The van der Waals surface area contributed by atoms with Gasteiger partial charge in [-0.15, -0.1) is 0 Å². The predicted octanol–water partition coefficient (Wildman–Crippen LogP) is 1.10. The van der Waals surface area contributed by atoms with Gasteiger partial charge in [0.15, 0.2) is 0 Å². The minimum atomic E-state index is -0.101. The molecule has 104 valence electrons.